The average molecular weight is 376 g/mol. The quantitative estimate of drug-likeness (QED) is 0.408. The normalized spacial score (nSPS) is 13.3. The molecule has 1 aromatic heterocycles. The Bertz CT molecular complexity index is 530. The Hall–Kier alpha value is -1.52. The molecule has 0 aliphatic heterocycles. The number of aliphatic hydroxyl groups is 2. The van der Waals surface area contributed by atoms with Crippen LogP contribution in [0.2, 0.25) is 0 Å². The summed E-state index contributed by atoms with van der Waals surface area (Å²) in [7, 11) is 1.26. The third-order valence-corrected chi connectivity index (χ3v) is 4.11. The molecule has 2 atom stereocenters. The molecule has 1 rings (SSSR count). The second-order valence-electron chi connectivity index (χ2n) is 5.12. The van der Waals surface area contributed by atoms with Gasteiger partial charge < -0.3 is 29.2 Å². The second-order valence-corrected chi connectivity index (χ2v) is 6.20. The molecule has 0 saturated heterocycles. The fraction of sp³-hybridized carbons (Fsp3) is 0.625. The van der Waals surface area contributed by atoms with E-state index < -0.39 is 24.1 Å². The second kappa shape index (κ2) is 11.9. The number of hydrogen-bond donors (Lipinski definition) is 2. The van der Waals surface area contributed by atoms with E-state index in [4.69, 9.17) is 14.2 Å². The van der Waals surface area contributed by atoms with E-state index in [0.29, 0.717) is 17.9 Å². The molecule has 8 nitrogen and oxygen atoms in total. The van der Waals surface area contributed by atoms with Gasteiger partial charge in [0.15, 0.2) is 0 Å². The van der Waals surface area contributed by atoms with Crippen molar-refractivity contribution in [2.75, 3.05) is 40.1 Å². The lowest BCUT2D eigenvalue weighted by molar-refractivity contribution is -0.0336. The van der Waals surface area contributed by atoms with Crippen molar-refractivity contribution in [3.05, 3.63) is 21.9 Å². The van der Waals surface area contributed by atoms with E-state index in [1.807, 2.05) is 6.92 Å². The highest BCUT2D eigenvalue weighted by Gasteiger charge is 2.16. The number of methoxy groups -OCH3 is 1. The number of carbonyl (C=O) groups excluding carboxylic acids is 2. The Balaban J connectivity index is 2.16. The smallest absolute Gasteiger partial charge is 0.348 e. The van der Waals surface area contributed by atoms with E-state index in [2.05, 4.69) is 4.74 Å². The summed E-state index contributed by atoms with van der Waals surface area (Å²) in [4.78, 5) is 23.7. The first-order chi connectivity index (χ1) is 12.0. The van der Waals surface area contributed by atoms with Gasteiger partial charge in [-0.1, -0.05) is 6.92 Å². The molecular formula is C16H24O8S. The molecule has 9 heteroatoms. The van der Waals surface area contributed by atoms with Gasteiger partial charge in [0.05, 0.1) is 39.6 Å². The van der Waals surface area contributed by atoms with Gasteiger partial charge in [0.2, 0.25) is 0 Å². The van der Waals surface area contributed by atoms with Gasteiger partial charge in [0.25, 0.3) is 0 Å². The lowest BCUT2D eigenvalue weighted by Crippen LogP contribution is -2.25. The fourth-order valence-corrected chi connectivity index (χ4v) is 2.44. The Labute approximate surface area is 150 Å². The van der Waals surface area contributed by atoms with Crippen molar-refractivity contribution in [3.8, 4) is 0 Å². The summed E-state index contributed by atoms with van der Waals surface area (Å²) in [6, 6.07) is 2.94. The third kappa shape index (κ3) is 8.41. The van der Waals surface area contributed by atoms with Crippen molar-refractivity contribution < 1.29 is 38.7 Å². The van der Waals surface area contributed by atoms with Gasteiger partial charge in [-0.3, -0.25) is 0 Å². The molecule has 0 amide bonds. The molecule has 1 heterocycles. The highest BCUT2D eigenvalue weighted by Crippen LogP contribution is 2.18. The molecule has 25 heavy (non-hydrogen) atoms. The number of thiophene rings is 1. The Morgan fingerprint density at radius 3 is 2.12 bits per heavy atom. The van der Waals surface area contributed by atoms with Crippen LogP contribution >= 0.6 is 11.3 Å². The molecule has 0 aliphatic carbocycles. The zero-order chi connectivity index (χ0) is 18.7. The van der Waals surface area contributed by atoms with Crippen molar-refractivity contribution >= 4 is 23.3 Å². The zero-order valence-corrected chi connectivity index (χ0v) is 15.1. The SMILES string of the molecule is CCC(O)COCCOCC(O)COC(=O)c1ccc(C(=O)OC)s1. The number of ether oxygens (including phenoxy) is 4. The van der Waals surface area contributed by atoms with Gasteiger partial charge in [0.1, 0.15) is 22.5 Å². The van der Waals surface area contributed by atoms with Crippen LogP contribution in [0.15, 0.2) is 12.1 Å². The molecule has 0 bridgehead atoms. The highest BCUT2D eigenvalue weighted by molar-refractivity contribution is 7.15. The van der Waals surface area contributed by atoms with Crippen molar-refractivity contribution in [2.24, 2.45) is 0 Å². The Morgan fingerprint density at radius 2 is 1.56 bits per heavy atom. The fourth-order valence-electron chi connectivity index (χ4n) is 1.62. The number of hydrogen-bond acceptors (Lipinski definition) is 9. The molecule has 1 aromatic rings. The molecule has 0 saturated carbocycles. The van der Waals surface area contributed by atoms with Crippen molar-refractivity contribution in [1.82, 2.24) is 0 Å². The van der Waals surface area contributed by atoms with E-state index in [1.165, 1.54) is 19.2 Å². The van der Waals surface area contributed by atoms with Crippen LogP contribution in [0.4, 0.5) is 0 Å². The number of rotatable bonds is 12. The minimum absolute atomic E-state index is 0.00910. The van der Waals surface area contributed by atoms with E-state index in [-0.39, 0.29) is 31.3 Å². The number of esters is 2. The topological polar surface area (TPSA) is 112 Å². The number of aliphatic hydroxyl groups excluding tert-OH is 2. The van der Waals surface area contributed by atoms with Crippen LogP contribution in [0.3, 0.4) is 0 Å². The maximum atomic E-state index is 11.8. The maximum Gasteiger partial charge on any atom is 0.348 e. The first kappa shape index (κ1) is 21.5. The summed E-state index contributed by atoms with van der Waals surface area (Å²) in [5.41, 5.74) is 0. The highest BCUT2D eigenvalue weighted by atomic mass is 32.1. The van der Waals surface area contributed by atoms with Crippen molar-refractivity contribution in [1.29, 1.82) is 0 Å². The lowest BCUT2D eigenvalue weighted by Gasteiger charge is -2.12. The average Bonchev–Trinajstić information content (AvgIpc) is 3.11. The molecule has 2 unspecified atom stereocenters. The van der Waals surface area contributed by atoms with Crippen molar-refractivity contribution in [2.45, 2.75) is 25.6 Å². The van der Waals surface area contributed by atoms with Gasteiger partial charge in [-0.05, 0) is 18.6 Å². The third-order valence-electron chi connectivity index (χ3n) is 3.06. The summed E-state index contributed by atoms with van der Waals surface area (Å²) in [5.74, 6) is -1.15. The maximum absolute atomic E-state index is 11.8. The van der Waals surface area contributed by atoms with E-state index in [9.17, 15) is 19.8 Å². The van der Waals surface area contributed by atoms with Gasteiger partial charge >= 0.3 is 11.9 Å². The number of carbonyl (C=O) groups is 2. The standard InChI is InChI=1S/C16H24O8S/c1-3-11(17)8-22-6-7-23-9-12(18)10-24-16(20)14-5-4-13(25-14)15(19)21-2/h4-5,11-12,17-18H,3,6-10H2,1-2H3. The molecule has 0 aliphatic rings. The summed E-state index contributed by atoms with van der Waals surface area (Å²) in [6.07, 6.45) is -0.830. The van der Waals surface area contributed by atoms with Crippen LogP contribution in [0.1, 0.15) is 32.7 Å². The van der Waals surface area contributed by atoms with Crippen LogP contribution in [0.25, 0.3) is 0 Å². The Kier molecular flexibility index (Phi) is 10.3. The molecule has 0 aromatic carbocycles. The molecular weight excluding hydrogens is 352 g/mol. The van der Waals surface area contributed by atoms with Crippen LogP contribution < -0.4 is 0 Å². The molecule has 2 N–H and O–H groups in total. The van der Waals surface area contributed by atoms with Crippen LogP contribution in [0.5, 0.6) is 0 Å². The molecule has 0 spiro atoms. The molecule has 142 valence electrons. The minimum atomic E-state index is -0.967. The molecule has 0 radical (unpaired) electrons. The first-order valence-electron chi connectivity index (χ1n) is 7.84. The van der Waals surface area contributed by atoms with Crippen LogP contribution in [-0.4, -0.2) is 74.5 Å². The summed E-state index contributed by atoms with van der Waals surface area (Å²) in [6.45, 7) is 2.43. The predicted octanol–water partition coefficient (Wildman–Crippen LogP) is 0.856. The van der Waals surface area contributed by atoms with Gasteiger partial charge in [-0.15, -0.1) is 11.3 Å². The Morgan fingerprint density at radius 1 is 1.00 bits per heavy atom. The van der Waals surface area contributed by atoms with Gasteiger partial charge in [-0.2, -0.15) is 0 Å². The summed E-state index contributed by atoms with van der Waals surface area (Å²) >= 11 is 0.957. The van der Waals surface area contributed by atoms with Crippen LogP contribution in [-0.2, 0) is 18.9 Å². The summed E-state index contributed by atoms with van der Waals surface area (Å²) in [5, 5.41) is 19.0. The largest absolute Gasteiger partial charge is 0.465 e. The summed E-state index contributed by atoms with van der Waals surface area (Å²) < 4.78 is 19.9. The molecule has 0 fully saturated rings. The van der Waals surface area contributed by atoms with E-state index in [0.717, 1.165) is 11.3 Å². The van der Waals surface area contributed by atoms with Crippen molar-refractivity contribution in [3.63, 3.8) is 0 Å². The zero-order valence-electron chi connectivity index (χ0n) is 14.3. The van der Waals surface area contributed by atoms with Gasteiger partial charge in [-0.25, -0.2) is 9.59 Å². The lowest BCUT2D eigenvalue weighted by atomic mass is 10.3. The van der Waals surface area contributed by atoms with E-state index in [1.54, 1.807) is 0 Å². The first-order valence-corrected chi connectivity index (χ1v) is 8.66. The predicted molar refractivity (Wildman–Crippen MR) is 89.9 cm³/mol. The van der Waals surface area contributed by atoms with Crippen LogP contribution in [0, 0.1) is 0 Å². The van der Waals surface area contributed by atoms with E-state index >= 15 is 0 Å². The minimum Gasteiger partial charge on any atom is -0.465 e. The van der Waals surface area contributed by atoms with Gasteiger partial charge in [0, 0.05) is 0 Å². The monoisotopic (exact) mass is 376 g/mol.